The van der Waals surface area contributed by atoms with E-state index < -0.39 is 0 Å². The summed E-state index contributed by atoms with van der Waals surface area (Å²) in [7, 11) is 0. The molecule has 0 saturated heterocycles. The van der Waals surface area contributed by atoms with Crippen molar-refractivity contribution >= 4 is 35.0 Å². The van der Waals surface area contributed by atoms with Crippen LogP contribution in [0.5, 0.6) is 0 Å². The monoisotopic (exact) mass is 498 g/mol. The largest absolute Gasteiger partial charge is 0.256 e. The van der Waals surface area contributed by atoms with Crippen molar-refractivity contribution in [2.75, 3.05) is 0 Å². The van der Waals surface area contributed by atoms with E-state index in [2.05, 4.69) is 141 Å². The molecule has 4 aromatic carbocycles. The van der Waals surface area contributed by atoms with Gasteiger partial charge in [0.15, 0.2) is 0 Å². The lowest BCUT2D eigenvalue weighted by Crippen LogP contribution is -2.03. The molecule has 2 heteroatoms. The lowest BCUT2D eigenvalue weighted by atomic mass is 9.87. The first-order valence-electron chi connectivity index (χ1n) is 13.3. The zero-order valence-corrected chi connectivity index (χ0v) is 24.0. The van der Waals surface area contributed by atoms with Gasteiger partial charge in [0.2, 0.25) is 0 Å². The van der Waals surface area contributed by atoms with Crippen LogP contribution in [0.2, 0.25) is 0 Å². The second-order valence-corrected chi connectivity index (χ2v) is 10.4. The highest BCUT2D eigenvalue weighted by atomic mass is 14.7. The highest BCUT2D eigenvalue weighted by molar-refractivity contribution is 6.33. The number of allylic oxidation sites excluding steroid dienone is 2. The van der Waals surface area contributed by atoms with E-state index in [1.54, 1.807) is 0 Å². The number of benzene rings is 4. The molecule has 192 valence electrons. The third-order valence-electron chi connectivity index (χ3n) is 7.32. The number of hydrogen-bond donors (Lipinski definition) is 0. The predicted octanol–water partition coefficient (Wildman–Crippen LogP) is 9.87. The SMILES string of the molecule is Cc1cccc(C)c1N=C/C(=C(/C=Nc1c(C)cccc1C)c1c(C)cccc1C)c1c(C)cccc1C. The molecule has 0 bridgehead atoms. The topological polar surface area (TPSA) is 24.7 Å². The van der Waals surface area contributed by atoms with Gasteiger partial charge >= 0.3 is 0 Å². The van der Waals surface area contributed by atoms with Crippen LogP contribution in [-0.2, 0) is 0 Å². The standard InChI is InChI=1S/C36H38N2/c1-23-13-9-14-24(2)33(23)31(21-37-35-27(5)17-11-18-28(35)6)32(34-25(3)15-10-16-26(34)4)22-38-36-29(7)19-12-20-30(36)8/h9-22H,1-8H3/b32-31+,37-21?,38-22?. The fourth-order valence-electron chi connectivity index (χ4n) is 5.29. The molecule has 0 atom stereocenters. The van der Waals surface area contributed by atoms with Gasteiger partial charge in [-0.3, -0.25) is 9.98 Å². The summed E-state index contributed by atoms with van der Waals surface area (Å²) in [4.78, 5) is 10.2. The summed E-state index contributed by atoms with van der Waals surface area (Å²) >= 11 is 0. The predicted molar refractivity (Wildman–Crippen MR) is 167 cm³/mol. The third kappa shape index (κ3) is 5.60. The average Bonchev–Trinajstić information content (AvgIpc) is 2.85. The van der Waals surface area contributed by atoms with Crippen molar-refractivity contribution in [2.45, 2.75) is 55.4 Å². The summed E-state index contributed by atoms with van der Waals surface area (Å²) in [6.45, 7) is 17.2. The van der Waals surface area contributed by atoms with Gasteiger partial charge in [-0.15, -0.1) is 0 Å². The van der Waals surface area contributed by atoms with Crippen LogP contribution in [0.1, 0.15) is 55.6 Å². The van der Waals surface area contributed by atoms with Crippen LogP contribution in [0.4, 0.5) is 11.4 Å². The maximum Gasteiger partial charge on any atom is 0.0688 e. The summed E-state index contributed by atoms with van der Waals surface area (Å²) in [6.07, 6.45) is 4.12. The number of aryl methyl sites for hydroxylation is 8. The van der Waals surface area contributed by atoms with Gasteiger partial charge in [0.1, 0.15) is 0 Å². The molecular weight excluding hydrogens is 460 g/mol. The van der Waals surface area contributed by atoms with Crippen molar-refractivity contribution in [1.29, 1.82) is 0 Å². The Morgan fingerprint density at radius 3 is 0.895 bits per heavy atom. The molecule has 0 N–H and O–H groups in total. The Morgan fingerprint density at radius 1 is 0.395 bits per heavy atom. The Morgan fingerprint density at radius 2 is 0.632 bits per heavy atom. The molecular formula is C36H38N2. The Balaban J connectivity index is 2.11. The first-order chi connectivity index (χ1) is 18.2. The lowest BCUT2D eigenvalue weighted by molar-refractivity contribution is 1.32. The summed E-state index contributed by atoms with van der Waals surface area (Å²) in [5, 5.41) is 0. The maximum atomic E-state index is 5.12. The van der Waals surface area contributed by atoms with Crippen molar-refractivity contribution in [2.24, 2.45) is 9.98 Å². The van der Waals surface area contributed by atoms with Gasteiger partial charge in [-0.1, -0.05) is 72.8 Å². The van der Waals surface area contributed by atoms with Crippen molar-refractivity contribution in [3.63, 3.8) is 0 Å². The summed E-state index contributed by atoms with van der Waals surface area (Å²) in [6, 6.07) is 25.6. The Bertz CT molecular complexity index is 1380. The fourth-order valence-corrected chi connectivity index (χ4v) is 5.29. The number of hydrogen-bond acceptors (Lipinski definition) is 2. The molecule has 38 heavy (non-hydrogen) atoms. The summed E-state index contributed by atoms with van der Waals surface area (Å²) < 4.78 is 0. The molecule has 0 aliphatic heterocycles. The van der Waals surface area contributed by atoms with E-state index in [0.29, 0.717) is 0 Å². The molecule has 4 aromatic rings. The summed E-state index contributed by atoms with van der Waals surface area (Å²) in [5.74, 6) is 0. The molecule has 0 amide bonds. The number of nitrogens with zero attached hydrogens (tertiary/aromatic N) is 2. The Kier molecular flexibility index (Phi) is 8.22. The van der Waals surface area contributed by atoms with Crippen LogP contribution < -0.4 is 0 Å². The quantitative estimate of drug-likeness (QED) is 0.187. The lowest BCUT2D eigenvalue weighted by Gasteiger charge is -2.18. The van der Waals surface area contributed by atoms with Crippen LogP contribution in [0.15, 0.2) is 82.8 Å². The molecule has 0 saturated carbocycles. The van der Waals surface area contributed by atoms with Gasteiger partial charge in [-0.25, -0.2) is 0 Å². The third-order valence-corrected chi connectivity index (χ3v) is 7.32. The zero-order valence-electron chi connectivity index (χ0n) is 24.0. The minimum Gasteiger partial charge on any atom is -0.256 e. The first-order valence-corrected chi connectivity index (χ1v) is 13.3. The average molecular weight is 499 g/mol. The molecule has 0 aliphatic rings. The molecule has 0 unspecified atom stereocenters. The van der Waals surface area contributed by atoms with Crippen LogP contribution in [-0.4, -0.2) is 12.4 Å². The van der Waals surface area contributed by atoms with E-state index in [9.17, 15) is 0 Å². The number of aliphatic imine (C=N–C) groups is 2. The van der Waals surface area contributed by atoms with E-state index in [4.69, 9.17) is 9.98 Å². The van der Waals surface area contributed by atoms with E-state index in [1.807, 2.05) is 0 Å². The molecule has 0 radical (unpaired) electrons. The molecule has 0 aliphatic carbocycles. The van der Waals surface area contributed by atoms with Crippen LogP contribution in [0, 0.1) is 55.4 Å². The van der Waals surface area contributed by atoms with E-state index in [-0.39, 0.29) is 0 Å². The van der Waals surface area contributed by atoms with Crippen molar-refractivity contribution in [3.8, 4) is 0 Å². The highest BCUT2D eigenvalue weighted by Gasteiger charge is 2.17. The van der Waals surface area contributed by atoms with Crippen molar-refractivity contribution in [3.05, 3.63) is 128 Å². The molecule has 0 aromatic heterocycles. The van der Waals surface area contributed by atoms with Crippen LogP contribution in [0.25, 0.3) is 11.1 Å². The molecule has 0 spiro atoms. The number of rotatable bonds is 6. The molecule has 2 nitrogen and oxygen atoms in total. The zero-order chi connectivity index (χ0) is 27.4. The maximum absolute atomic E-state index is 5.12. The van der Waals surface area contributed by atoms with Crippen molar-refractivity contribution < 1.29 is 0 Å². The normalized spacial score (nSPS) is 12.4. The van der Waals surface area contributed by atoms with Crippen LogP contribution in [0.3, 0.4) is 0 Å². The number of para-hydroxylation sites is 2. The molecule has 4 rings (SSSR count). The van der Waals surface area contributed by atoms with Gasteiger partial charge in [0.25, 0.3) is 0 Å². The van der Waals surface area contributed by atoms with Crippen LogP contribution >= 0.6 is 0 Å². The van der Waals surface area contributed by atoms with E-state index in [0.717, 1.165) is 22.5 Å². The molecule has 0 heterocycles. The van der Waals surface area contributed by atoms with Gasteiger partial charge in [0.05, 0.1) is 11.4 Å². The minimum atomic E-state index is 1.02. The summed E-state index contributed by atoms with van der Waals surface area (Å²) in [5.41, 5.74) is 16.1. The van der Waals surface area contributed by atoms with Gasteiger partial charge in [-0.05, 0) is 111 Å². The Labute approximate surface area is 228 Å². The molecule has 0 fully saturated rings. The van der Waals surface area contributed by atoms with Gasteiger partial charge in [0, 0.05) is 23.6 Å². The van der Waals surface area contributed by atoms with Gasteiger partial charge < -0.3 is 0 Å². The first kappa shape index (κ1) is 27.0. The second kappa shape index (κ2) is 11.6. The van der Waals surface area contributed by atoms with E-state index >= 15 is 0 Å². The van der Waals surface area contributed by atoms with Crippen molar-refractivity contribution in [1.82, 2.24) is 0 Å². The second-order valence-electron chi connectivity index (χ2n) is 10.4. The van der Waals surface area contributed by atoms with Gasteiger partial charge in [-0.2, -0.15) is 0 Å². The smallest absolute Gasteiger partial charge is 0.0688 e. The highest BCUT2D eigenvalue weighted by Crippen LogP contribution is 2.34. The Hall–Kier alpha value is -4.04. The fraction of sp³-hybridized carbons (Fsp3) is 0.222. The minimum absolute atomic E-state index is 1.02. The van der Waals surface area contributed by atoms with E-state index in [1.165, 1.54) is 55.6 Å².